The number of alkyl halides is 2. The zero-order valence-electron chi connectivity index (χ0n) is 18.6. The summed E-state index contributed by atoms with van der Waals surface area (Å²) in [4.78, 5) is 16.1. The van der Waals surface area contributed by atoms with Gasteiger partial charge in [-0.3, -0.25) is 4.79 Å². The molecule has 0 fully saturated rings. The van der Waals surface area contributed by atoms with E-state index in [0.717, 1.165) is 25.7 Å². The van der Waals surface area contributed by atoms with Crippen LogP contribution in [0.3, 0.4) is 0 Å². The minimum absolute atomic E-state index is 0.0682. The van der Waals surface area contributed by atoms with Gasteiger partial charge in [0.15, 0.2) is 11.5 Å². The zero-order valence-corrected chi connectivity index (χ0v) is 19.4. The molecular formula is C24H27ClF2N2O3. The van der Waals surface area contributed by atoms with E-state index in [1.165, 1.54) is 24.1 Å². The van der Waals surface area contributed by atoms with Crippen LogP contribution in [0, 0.1) is 11.8 Å². The van der Waals surface area contributed by atoms with E-state index in [1.54, 1.807) is 25.2 Å². The Labute approximate surface area is 192 Å². The van der Waals surface area contributed by atoms with Gasteiger partial charge in [0.05, 0.1) is 12.1 Å². The molecule has 172 valence electrons. The third-order valence-corrected chi connectivity index (χ3v) is 5.26. The Hall–Kier alpha value is -2.82. The Morgan fingerprint density at radius 2 is 1.84 bits per heavy atom. The van der Waals surface area contributed by atoms with Crippen LogP contribution in [0.15, 0.2) is 36.4 Å². The van der Waals surface area contributed by atoms with Crippen molar-refractivity contribution in [2.75, 3.05) is 45.3 Å². The molecular weight excluding hydrogens is 438 g/mol. The molecule has 2 aromatic rings. The van der Waals surface area contributed by atoms with Crippen LogP contribution in [-0.4, -0.2) is 51.2 Å². The molecule has 0 atom stereocenters. The van der Waals surface area contributed by atoms with Gasteiger partial charge >= 0.3 is 5.91 Å². The van der Waals surface area contributed by atoms with Gasteiger partial charge in [-0.2, -0.15) is 0 Å². The second-order valence-corrected chi connectivity index (χ2v) is 7.27. The number of benzene rings is 2. The molecule has 0 saturated carbocycles. The predicted octanol–water partition coefficient (Wildman–Crippen LogP) is 5.02. The highest BCUT2D eigenvalue weighted by molar-refractivity contribution is 6.31. The van der Waals surface area contributed by atoms with Gasteiger partial charge in [-0.15, -0.1) is 0 Å². The SMILES string of the molecule is CCN(CC)CCOc1ccc(N(C)C(=O)C#Cc2ccc(C(F)F)cc2Cl)cc1OC. The molecule has 0 saturated heterocycles. The molecule has 2 aromatic carbocycles. The molecule has 0 N–H and O–H groups in total. The van der Waals surface area contributed by atoms with Gasteiger partial charge in [-0.1, -0.05) is 37.4 Å². The summed E-state index contributed by atoms with van der Waals surface area (Å²) in [7, 11) is 3.11. The van der Waals surface area contributed by atoms with Crippen LogP contribution in [0.5, 0.6) is 11.5 Å². The zero-order chi connectivity index (χ0) is 23.7. The summed E-state index contributed by atoms with van der Waals surface area (Å²) in [5.41, 5.74) is 0.666. The van der Waals surface area contributed by atoms with Crippen molar-refractivity contribution in [1.82, 2.24) is 4.90 Å². The Bertz CT molecular complexity index is 985. The van der Waals surface area contributed by atoms with Crippen molar-refractivity contribution >= 4 is 23.2 Å². The molecule has 32 heavy (non-hydrogen) atoms. The van der Waals surface area contributed by atoms with Crippen molar-refractivity contribution in [3.8, 4) is 23.3 Å². The fourth-order valence-corrected chi connectivity index (χ4v) is 3.14. The number of carbonyl (C=O) groups excluding carboxylic acids is 1. The van der Waals surface area contributed by atoms with Gasteiger partial charge in [-0.25, -0.2) is 8.78 Å². The highest BCUT2D eigenvalue weighted by Gasteiger charge is 2.14. The Kier molecular flexibility index (Phi) is 9.76. The molecule has 0 radical (unpaired) electrons. The van der Waals surface area contributed by atoms with Crippen molar-refractivity contribution in [1.29, 1.82) is 0 Å². The lowest BCUT2D eigenvalue weighted by atomic mass is 10.1. The summed E-state index contributed by atoms with van der Waals surface area (Å²) < 4.78 is 36.7. The number of nitrogens with zero attached hydrogens (tertiary/aromatic N) is 2. The second kappa shape index (κ2) is 12.3. The van der Waals surface area contributed by atoms with Gasteiger partial charge in [0.1, 0.15) is 6.61 Å². The van der Waals surface area contributed by atoms with E-state index >= 15 is 0 Å². The monoisotopic (exact) mass is 464 g/mol. The molecule has 5 nitrogen and oxygen atoms in total. The normalized spacial score (nSPS) is 10.7. The summed E-state index contributed by atoms with van der Waals surface area (Å²) >= 11 is 6.00. The fraction of sp³-hybridized carbons (Fsp3) is 0.375. The molecule has 0 aromatic heterocycles. The van der Waals surface area contributed by atoms with Gasteiger partial charge in [-0.05, 0) is 37.4 Å². The first-order valence-corrected chi connectivity index (χ1v) is 10.6. The molecule has 1 amide bonds. The van der Waals surface area contributed by atoms with Crippen LogP contribution in [-0.2, 0) is 4.79 Å². The molecule has 0 heterocycles. The minimum atomic E-state index is -2.62. The van der Waals surface area contributed by atoms with E-state index in [0.29, 0.717) is 29.4 Å². The number of amides is 1. The summed E-state index contributed by atoms with van der Waals surface area (Å²) in [5, 5.41) is 0.0682. The number of hydrogen-bond donors (Lipinski definition) is 0. The number of likely N-dealkylation sites (N-methyl/N-ethyl adjacent to an activating group) is 1. The van der Waals surface area contributed by atoms with Crippen LogP contribution >= 0.6 is 11.6 Å². The maximum Gasteiger partial charge on any atom is 0.302 e. The molecule has 0 bridgehead atoms. The van der Waals surface area contributed by atoms with E-state index < -0.39 is 12.3 Å². The van der Waals surface area contributed by atoms with Gasteiger partial charge in [0.2, 0.25) is 0 Å². The number of carbonyl (C=O) groups is 1. The lowest BCUT2D eigenvalue weighted by molar-refractivity contribution is -0.113. The average Bonchev–Trinajstić information content (AvgIpc) is 2.80. The third kappa shape index (κ3) is 6.84. The van der Waals surface area contributed by atoms with Crippen LogP contribution < -0.4 is 14.4 Å². The van der Waals surface area contributed by atoms with Gasteiger partial charge in [0, 0.05) is 42.4 Å². The Balaban J connectivity index is 2.10. The topological polar surface area (TPSA) is 42.0 Å². The van der Waals surface area contributed by atoms with E-state index in [1.807, 2.05) is 0 Å². The Morgan fingerprint density at radius 3 is 2.44 bits per heavy atom. The van der Waals surface area contributed by atoms with Crippen LogP contribution in [0.25, 0.3) is 0 Å². The number of methoxy groups -OCH3 is 1. The van der Waals surface area contributed by atoms with Crippen LogP contribution in [0.4, 0.5) is 14.5 Å². The summed E-state index contributed by atoms with van der Waals surface area (Å²) in [6, 6.07) is 8.92. The first-order chi connectivity index (χ1) is 15.3. The largest absolute Gasteiger partial charge is 0.493 e. The first kappa shape index (κ1) is 25.4. The average molecular weight is 465 g/mol. The molecule has 0 aliphatic heterocycles. The van der Waals surface area contributed by atoms with Gasteiger partial charge in [0.25, 0.3) is 6.43 Å². The number of ether oxygens (including phenoxy) is 2. The molecule has 8 heteroatoms. The molecule has 0 spiro atoms. The summed E-state index contributed by atoms with van der Waals surface area (Å²) in [5.74, 6) is 5.72. The molecule has 0 unspecified atom stereocenters. The smallest absolute Gasteiger partial charge is 0.302 e. The predicted molar refractivity (Wildman–Crippen MR) is 123 cm³/mol. The minimum Gasteiger partial charge on any atom is -0.493 e. The summed E-state index contributed by atoms with van der Waals surface area (Å²) in [6.07, 6.45) is -2.62. The standard InChI is InChI=1S/C24H27ClF2N2O3/c1-5-29(6-2)13-14-32-21-11-10-19(16-22(21)31-4)28(3)23(30)12-9-17-7-8-18(24(26)27)15-20(17)25/h7-8,10-11,15-16,24H,5-6,13-14H2,1-4H3. The number of hydrogen-bond acceptors (Lipinski definition) is 4. The number of anilines is 1. The lowest BCUT2D eigenvalue weighted by Gasteiger charge is -2.20. The molecule has 2 rings (SSSR count). The van der Waals surface area contributed by atoms with E-state index in [4.69, 9.17) is 21.1 Å². The molecule has 0 aliphatic rings. The maximum absolute atomic E-state index is 12.7. The van der Waals surface area contributed by atoms with Crippen molar-refractivity contribution in [2.24, 2.45) is 0 Å². The maximum atomic E-state index is 12.7. The van der Waals surface area contributed by atoms with Crippen LogP contribution in [0.1, 0.15) is 31.4 Å². The highest BCUT2D eigenvalue weighted by atomic mass is 35.5. The van der Waals surface area contributed by atoms with E-state index in [-0.39, 0.29) is 10.6 Å². The Morgan fingerprint density at radius 1 is 1.12 bits per heavy atom. The number of rotatable bonds is 9. The fourth-order valence-electron chi connectivity index (χ4n) is 2.90. The van der Waals surface area contributed by atoms with Crippen LogP contribution in [0.2, 0.25) is 5.02 Å². The van der Waals surface area contributed by atoms with Crippen molar-refractivity contribution < 1.29 is 23.0 Å². The third-order valence-electron chi connectivity index (χ3n) is 4.95. The lowest BCUT2D eigenvalue weighted by Crippen LogP contribution is -2.28. The van der Waals surface area contributed by atoms with E-state index in [2.05, 4.69) is 30.6 Å². The van der Waals surface area contributed by atoms with Crippen molar-refractivity contribution in [3.63, 3.8) is 0 Å². The summed E-state index contributed by atoms with van der Waals surface area (Å²) in [6.45, 7) is 7.41. The highest BCUT2D eigenvalue weighted by Crippen LogP contribution is 2.31. The van der Waals surface area contributed by atoms with Crippen molar-refractivity contribution in [3.05, 3.63) is 52.5 Å². The quantitative estimate of drug-likeness (QED) is 0.489. The van der Waals surface area contributed by atoms with Gasteiger partial charge < -0.3 is 19.3 Å². The second-order valence-electron chi connectivity index (χ2n) is 6.86. The number of halogens is 3. The molecule has 0 aliphatic carbocycles. The first-order valence-electron chi connectivity index (χ1n) is 10.2. The van der Waals surface area contributed by atoms with E-state index in [9.17, 15) is 13.6 Å². The van der Waals surface area contributed by atoms with Crippen molar-refractivity contribution in [2.45, 2.75) is 20.3 Å².